The maximum absolute atomic E-state index is 12.5. The van der Waals surface area contributed by atoms with Crippen molar-refractivity contribution in [3.8, 4) is 0 Å². The lowest BCUT2D eigenvalue weighted by molar-refractivity contribution is -0.150. The van der Waals surface area contributed by atoms with Gasteiger partial charge in [-0.25, -0.2) is 0 Å². The minimum absolute atomic E-state index is 0.104. The van der Waals surface area contributed by atoms with Crippen LogP contribution in [-0.2, 0) is 9.53 Å². The van der Waals surface area contributed by atoms with Gasteiger partial charge < -0.3 is 10.1 Å². The van der Waals surface area contributed by atoms with Crippen molar-refractivity contribution in [1.82, 2.24) is 5.32 Å². The minimum atomic E-state index is -0.545. The fourth-order valence-electron chi connectivity index (χ4n) is 2.61. The van der Waals surface area contributed by atoms with Crippen molar-refractivity contribution in [3.05, 3.63) is 29.3 Å². The SMILES string of the molecule is CCOC(=O)C(CSc1cc(C)ccc1C)(NC)C1CC1. The first-order valence-corrected chi connectivity index (χ1v) is 8.58. The summed E-state index contributed by atoms with van der Waals surface area (Å²) in [5.74, 6) is 1.02. The van der Waals surface area contributed by atoms with Crippen LogP contribution in [-0.4, -0.2) is 30.9 Å². The molecule has 0 amide bonds. The fourth-order valence-corrected chi connectivity index (χ4v) is 4.06. The molecule has 2 rings (SSSR count). The predicted molar refractivity (Wildman–Crippen MR) is 87.8 cm³/mol. The topological polar surface area (TPSA) is 38.3 Å². The zero-order valence-corrected chi connectivity index (χ0v) is 14.2. The molecule has 116 valence electrons. The molecule has 0 radical (unpaired) electrons. The molecule has 1 aromatic rings. The molecule has 21 heavy (non-hydrogen) atoms. The van der Waals surface area contributed by atoms with Crippen LogP contribution in [0.2, 0.25) is 0 Å². The van der Waals surface area contributed by atoms with Crippen LogP contribution < -0.4 is 5.32 Å². The van der Waals surface area contributed by atoms with E-state index >= 15 is 0 Å². The van der Waals surface area contributed by atoms with Crippen LogP contribution in [0.5, 0.6) is 0 Å². The Balaban J connectivity index is 2.15. The molecule has 4 heteroatoms. The molecule has 0 heterocycles. The second-order valence-corrected chi connectivity index (χ2v) is 6.79. The highest BCUT2D eigenvalue weighted by molar-refractivity contribution is 7.99. The first-order chi connectivity index (χ1) is 10.0. The van der Waals surface area contributed by atoms with E-state index in [2.05, 4.69) is 37.4 Å². The van der Waals surface area contributed by atoms with Gasteiger partial charge in [0.25, 0.3) is 0 Å². The lowest BCUT2D eigenvalue weighted by Crippen LogP contribution is -2.55. The molecule has 0 aliphatic heterocycles. The number of hydrogen-bond donors (Lipinski definition) is 1. The normalized spacial score (nSPS) is 17.3. The molecule has 1 unspecified atom stereocenters. The van der Waals surface area contributed by atoms with E-state index < -0.39 is 5.54 Å². The second-order valence-electron chi connectivity index (χ2n) is 5.77. The van der Waals surface area contributed by atoms with Crippen molar-refractivity contribution in [3.63, 3.8) is 0 Å². The van der Waals surface area contributed by atoms with Crippen molar-refractivity contribution in [1.29, 1.82) is 0 Å². The van der Waals surface area contributed by atoms with Crippen LogP contribution in [0.25, 0.3) is 0 Å². The molecule has 1 aliphatic rings. The van der Waals surface area contributed by atoms with Crippen molar-refractivity contribution < 1.29 is 9.53 Å². The van der Waals surface area contributed by atoms with Crippen molar-refractivity contribution >= 4 is 17.7 Å². The van der Waals surface area contributed by atoms with Gasteiger partial charge in [0.1, 0.15) is 5.54 Å². The van der Waals surface area contributed by atoms with Gasteiger partial charge in [0.05, 0.1) is 6.61 Å². The number of hydrogen-bond acceptors (Lipinski definition) is 4. The van der Waals surface area contributed by atoms with Gasteiger partial charge in [-0.05, 0) is 58.2 Å². The molecule has 0 bridgehead atoms. The second kappa shape index (κ2) is 6.84. The van der Waals surface area contributed by atoms with Crippen LogP contribution in [0.15, 0.2) is 23.1 Å². The van der Waals surface area contributed by atoms with E-state index in [1.54, 1.807) is 11.8 Å². The molecule has 1 saturated carbocycles. The average Bonchev–Trinajstić information content (AvgIpc) is 3.29. The van der Waals surface area contributed by atoms with E-state index in [9.17, 15) is 4.79 Å². The summed E-state index contributed by atoms with van der Waals surface area (Å²) >= 11 is 1.75. The maximum Gasteiger partial charge on any atom is 0.327 e. The molecule has 1 fully saturated rings. The highest BCUT2D eigenvalue weighted by atomic mass is 32.2. The van der Waals surface area contributed by atoms with Gasteiger partial charge in [0.15, 0.2) is 0 Å². The van der Waals surface area contributed by atoms with Gasteiger partial charge in [0, 0.05) is 10.6 Å². The average molecular weight is 307 g/mol. The van der Waals surface area contributed by atoms with Crippen molar-refractivity contribution in [2.45, 2.75) is 44.0 Å². The van der Waals surface area contributed by atoms with Crippen LogP contribution >= 0.6 is 11.8 Å². The Hall–Kier alpha value is -1.00. The lowest BCUT2D eigenvalue weighted by Gasteiger charge is -2.31. The van der Waals surface area contributed by atoms with Gasteiger partial charge >= 0.3 is 5.97 Å². The van der Waals surface area contributed by atoms with Gasteiger partial charge in [-0.3, -0.25) is 4.79 Å². The fraction of sp³-hybridized carbons (Fsp3) is 0.588. The summed E-state index contributed by atoms with van der Waals surface area (Å²) in [6, 6.07) is 6.45. The molecule has 0 saturated heterocycles. The summed E-state index contributed by atoms with van der Waals surface area (Å²) in [4.78, 5) is 13.7. The monoisotopic (exact) mass is 307 g/mol. The van der Waals surface area contributed by atoms with E-state index in [0.717, 1.165) is 18.6 Å². The number of carbonyl (C=O) groups excluding carboxylic acids is 1. The molecular weight excluding hydrogens is 282 g/mol. The summed E-state index contributed by atoms with van der Waals surface area (Å²) in [5, 5.41) is 3.27. The van der Waals surface area contributed by atoms with E-state index in [1.807, 2.05) is 14.0 Å². The summed E-state index contributed by atoms with van der Waals surface area (Å²) in [5.41, 5.74) is 1.97. The van der Waals surface area contributed by atoms with Crippen molar-refractivity contribution in [2.75, 3.05) is 19.4 Å². The Bertz CT molecular complexity index is 514. The lowest BCUT2D eigenvalue weighted by atomic mass is 9.96. The summed E-state index contributed by atoms with van der Waals surface area (Å²) in [6.07, 6.45) is 2.21. The van der Waals surface area contributed by atoms with Gasteiger partial charge in [-0.15, -0.1) is 11.8 Å². The number of likely N-dealkylation sites (N-methyl/N-ethyl adjacent to an activating group) is 1. The third-order valence-corrected chi connectivity index (χ3v) is 5.51. The Morgan fingerprint density at radius 1 is 1.43 bits per heavy atom. The maximum atomic E-state index is 12.5. The van der Waals surface area contributed by atoms with Crippen molar-refractivity contribution in [2.24, 2.45) is 5.92 Å². The summed E-state index contributed by atoms with van der Waals surface area (Å²) in [7, 11) is 1.87. The van der Waals surface area contributed by atoms with Crippen LogP contribution in [0.4, 0.5) is 0 Å². The molecule has 0 aromatic heterocycles. The Labute approximate surface area is 131 Å². The summed E-state index contributed by atoms with van der Waals surface area (Å²) in [6.45, 7) is 6.51. The number of aryl methyl sites for hydroxylation is 2. The van der Waals surface area contributed by atoms with Gasteiger partial charge in [-0.1, -0.05) is 17.7 Å². The Kier molecular flexibility index (Phi) is 5.33. The molecule has 3 nitrogen and oxygen atoms in total. The van der Waals surface area contributed by atoms with Gasteiger partial charge in [0.2, 0.25) is 0 Å². The van der Waals surface area contributed by atoms with E-state index in [-0.39, 0.29) is 5.97 Å². The summed E-state index contributed by atoms with van der Waals surface area (Å²) < 4.78 is 5.33. The first-order valence-electron chi connectivity index (χ1n) is 7.59. The molecular formula is C17H25NO2S. The highest BCUT2D eigenvalue weighted by Crippen LogP contribution is 2.43. The zero-order chi connectivity index (χ0) is 15.5. The molecule has 1 aliphatic carbocycles. The number of ether oxygens (including phenoxy) is 1. The predicted octanol–water partition coefficient (Wildman–Crippen LogP) is 3.33. The molecule has 0 spiro atoms. The van der Waals surface area contributed by atoms with Crippen LogP contribution in [0.3, 0.4) is 0 Å². The Morgan fingerprint density at radius 2 is 2.14 bits per heavy atom. The zero-order valence-electron chi connectivity index (χ0n) is 13.4. The van der Waals surface area contributed by atoms with E-state index in [0.29, 0.717) is 12.5 Å². The van der Waals surface area contributed by atoms with E-state index in [1.165, 1.54) is 16.0 Å². The smallest absolute Gasteiger partial charge is 0.327 e. The first kappa shape index (κ1) is 16.4. The third-order valence-electron chi connectivity index (χ3n) is 4.16. The van der Waals surface area contributed by atoms with E-state index in [4.69, 9.17) is 4.74 Å². The largest absolute Gasteiger partial charge is 0.465 e. The third kappa shape index (κ3) is 3.61. The number of carbonyl (C=O) groups is 1. The molecule has 1 atom stereocenters. The Morgan fingerprint density at radius 3 is 2.71 bits per heavy atom. The van der Waals surface area contributed by atoms with Crippen LogP contribution in [0, 0.1) is 19.8 Å². The number of nitrogens with one attached hydrogen (secondary N) is 1. The number of benzene rings is 1. The van der Waals surface area contributed by atoms with Crippen LogP contribution in [0.1, 0.15) is 30.9 Å². The highest BCUT2D eigenvalue weighted by Gasteiger charge is 2.51. The number of thioether (sulfide) groups is 1. The molecule has 1 N–H and O–H groups in total. The number of esters is 1. The quantitative estimate of drug-likeness (QED) is 0.619. The molecule has 1 aromatic carbocycles. The minimum Gasteiger partial charge on any atom is -0.465 e. The van der Waals surface area contributed by atoms with Gasteiger partial charge in [-0.2, -0.15) is 0 Å². The number of rotatable bonds is 7. The standard InChI is InChI=1S/C17H25NO2S/c1-5-20-16(19)17(18-4,14-8-9-14)11-21-15-10-12(2)6-7-13(15)3/h6-7,10,14,18H,5,8-9,11H2,1-4H3.